The number of hydrogen-bond donors (Lipinski definition) is 2. The zero-order chi connectivity index (χ0) is 8.36. The van der Waals surface area contributed by atoms with Crippen LogP contribution in [0.1, 0.15) is 32.1 Å². The van der Waals surface area contributed by atoms with Crippen LogP contribution in [0, 0.1) is 0 Å². The lowest BCUT2D eigenvalue weighted by Crippen LogP contribution is -1.80. The first-order valence-corrected chi connectivity index (χ1v) is 3.73. The predicted molar refractivity (Wildman–Crippen MR) is 43.6 cm³/mol. The highest BCUT2D eigenvalue weighted by molar-refractivity contribution is 5.56. The zero-order valence-electron chi connectivity index (χ0n) is 6.48. The van der Waals surface area contributed by atoms with E-state index in [1.165, 1.54) is 12.4 Å². The Morgan fingerprint density at radius 3 is 1.64 bits per heavy atom. The fraction of sp³-hybridized carbons (Fsp3) is 0.714. The molecule has 0 unspecified atom stereocenters. The molecule has 0 fully saturated rings. The molecule has 0 aromatic carbocycles. The molecule has 0 rings (SSSR count). The maximum atomic E-state index is 8.02. The highest BCUT2D eigenvalue weighted by Crippen LogP contribution is 1.99. The SMILES string of the molecule is ON=CCCCCCC=NO. The van der Waals surface area contributed by atoms with Crippen LogP contribution in [-0.4, -0.2) is 22.8 Å². The molecule has 0 heterocycles. The van der Waals surface area contributed by atoms with E-state index in [0.29, 0.717) is 0 Å². The molecule has 4 heteroatoms. The summed E-state index contributed by atoms with van der Waals surface area (Å²) in [4.78, 5) is 0. The Hall–Kier alpha value is -1.06. The average molecular weight is 158 g/mol. The van der Waals surface area contributed by atoms with Gasteiger partial charge < -0.3 is 10.4 Å². The van der Waals surface area contributed by atoms with Gasteiger partial charge in [0.2, 0.25) is 0 Å². The van der Waals surface area contributed by atoms with Gasteiger partial charge in [0.05, 0.1) is 0 Å². The van der Waals surface area contributed by atoms with Gasteiger partial charge in [-0.05, 0) is 25.7 Å². The number of nitrogens with zero attached hydrogens (tertiary/aromatic N) is 2. The maximum absolute atomic E-state index is 8.02. The standard InChI is InChI=1S/C7H14N2O2/c10-8-6-4-2-1-3-5-7-9-11/h6-7,10-11H,1-5H2. The van der Waals surface area contributed by atoms with Gasteiger partial charge in [-0.1, -0.05) is 6.42 Å². The Kier molecular flexibility index (Phi) is 8.08. The highest BCUT2D eigenvalue weighted by Gasteiger charge is 1.85. The largest absolute Gasteiger partial charge is 0.411 e. The van der Waals surface area contributed by atoms with Crippen LogP contribution in [0.4, 0.5) is 0 Å². The van der Waals surface area contributed by atoms with E-state index in [9.17, 15) is 0 Å². The van der Waals surface area contributed by atoms with Crippen molar-refractivity contribution < 1.29 is 10.4 Å². The summed E-state index contributed by atoms with van der Waals surface area (Å²) in [5.74, 6) is 0. The van der Waals surface area contributed by atoms with Crippen molar-refractivity contribution >= 4 is 12.4 Å². The van der Waals surface area contributed by atoms with Gasteiger partial charge in [0.25, 0.3) is 0 Å². The Labute approximate surface area is 66.2 Å². The zero-order valence-corrected chi connectivity index (χ0v) is 6.48. The maximum Gasteiger partial charge on any atom is 0.0435 e. The molecule has 0 aliphatic heterocycles. The fourth-order valence-corrected chi connectivity index (χ4v) is 0.763. The lowest BCUT2D eigenvalue weighted by molar-refractivity contribution is 0.320. The molecular weight excluding hydrogens is 144 g/mol. The summed E-state index contributed by atoms with van der Waals surface area (Å²) < 4.78 is 0. The van der Waals surface area contributed by atoms with Crippen molar-refractivity contribution in [2.24, 2.45) is 10.3 Å². The first-order chi connectivity index (χ1) is 5.41. The molecule has 0 aromatic rings. The van der Waals surface area contributed by atoms with Gasteiger partial charge in [-0.2, -0.15) is 0 Å². The molecule has 4 nitrogen and oxygen atoms in total. The number of rotatable bonds is 6. The third-order valence-electron chi connectivity index (χ3n) is 1.33. The quantitative estimate of drug-likeness (QED) is 0.268. The van der Waals surface area contributed by atoms with Crippen LogP contribution >= 0.6 is 0 Å². The van der Waals surface area contributed by atoms with Crippen molar-refractivity contribution in [1.29, 1.82) is 0 Å². The van der Waals surface area contributed by atoms with E-state index in [4.69, 9.17) is 10.4 Å². The minimum absolute atomic E-state index is 0.812. The molecule has 11 heavy (non-hydrogen) atoms. The lowest BCUT2D eigenvalue weighted by Gasteiger charge is -1.92. The predicted octanol–water partition coefficient (Wildman–Crippen LogP) is 1.86. The van der Waals surface area contributed by atoms with Crippen molar-refractivity contribution in [3.63, 3.8) is 0 Å². The van der Waals surface area contributed by atoms with E-state index < -0.39 is 0 Å². The summed E-state index contributed by atoms with van der Waals surface area (Å²) in [6.45, 7) is 0. The van der Waals surface area contributed by atoms with E-state index in [0.717, 1.165) is 32.1 Å². The van der Waals surface area contributed by atoms with E-state index in [2.05, 4.69) is 10.3 Å². The molecule has 0 radical (unpaired) electrons. The van der Waals surface area contributed by atoms with Gasteiger partial charge in [-0.3, -0.25) is 0 Å². The van der Waals surface area contributed by atoms with Gasteiger partial charge >= 0.3 is 0 Å². The third-order valence-corrected chi connectivity index (χ3v) is 1.33. The van der Waals surface area contributed by atoms with E-state index in [1.54, 1.807) is 0 Å². The third kappa shape index (κ3) is 8.94. The Bertz CT molecular complexity index is 110. The number of hydrogen-bond acceptors (Lipinski definition) is 4. The molecule has 0 saturated heterocycles. The molecule has 0 saturated carbocycles. The monoisotopic (exact) mass is 158 g/mol. The minimum Gasteiger partial charge on any atom is -0.411 e. The lowest BCUT2D eigenvalue weighted by atomic mass is 10.2. The molecule has 2 N–H and O–H groups in total. The summed E-state index contributed by atoms with van der Waals surface area (Å²) in [7, 11) is 0. The Morgan fingerprint density at radius 2 is 1.27 bits per heavy atom. The molecule has 0 aliphatic carbocycles. The molecule has 0 spiro atoms. The van der Waals surface area contributed by atoms with Crippen LogP contribution in [0.15, 0.2) is 10.3 Å². The molecule has 0 aliphatic rings. The second-order valence-corrected chi connectivity index (χ2v) is 2.23. The second-order valence-electron chi connectivity index (χ2n) is 2.23. The van der Waals surface area contributed by atoms with E-state index in [1.807, 2.05) is 0 Å². The van der Waals surface area contributed by atoms with Crippen LogP contribution < -0.4 is 0 Å². The van der Waals surface area contributed by atoms with Gasteiger partial charge in [0.1, 0.15) is 0 Å². The van der Waals surface area contributed by atoms with Crippen LogP contribution in [-0.2, 0) is 0 Å². The van der Waals surface area contributed by atoms with E-state index >= 15 is 0 Å². The second kappa shape index (κ2) is 8.94. The topological polar surface area (TPSA) is 65.2 Å². The molecule has 0 amide bonds. The molecule has 0 aromatic heterocycles. The highest BCUT2D eigenvalue weighted by atomic mass is 16.4. The summed E-state index contributed by atoms with van der Waals surface area (Å²) in [6.07, 6.45) is 7.70. The van der Waals surface area contributed by atoms with Crippen LogP contribution in [0.3, 0.4) is 0 Å². The summed E-state index contributed by atoms with van der Waals surface area (Å²) >= 11 is 0. The van der Waals surface area contributed by atoms with Crippen LogP contribution in [0.2, 0.25) is 0 Å². The van der Waals surface area contributed by atoms with Crippen molar-refractivity contribution in [3.05, 3.63) is 0 Å². The van der Waals surface area contributed by atoms with Gasteiger partial charge in [-0.15, -0.1) is 10.3 Å². The minimum atomic E-state index is 0.812. The Balaban J connectivity index is 2.90. The Morgan fingerprint density at radius 1 is 0.818 bits per heavy atom. The van der Waals surface area contributed by atoms with Crippen molar-refractivity contribution in [3.8, 4) is 0 Å². The van der Waals surface area contributed by atoms with Crippen molar-refractivity contribution in [2.75, 3.05) is 0 Å². The molecule has 64 valence electrons. The molecular formula is C7H14N2O2. The first kappa shape index (κ1) is 9.94. The smallest absolute Gasteiger partial charge is 0.0435 e. The van der Waals surface area contributed by atoms with Gasteiger partial charge in [0, 0.05) is 12.4 Å². The first-order valence-electron chi connectivity index (χ1n) is 3.73. The number of oxime groups is 2. The molecule has 0 atom stereocenters. The summed E-state index contributed by atoms with van der Waals surface area (Å²) in [6, 6.07) is 0. The van der Waals surface area contributed by atoms with E-state index in [-0.39, 0.29) is 0 Å². The normalized spacial score (nSPS) is 11.6. The van der Waals surface area contributed by atoms with Crippen LogP contribution in [0.5, 0.6) is 0 Å². The average Bonchev–Trinajstić information content (AvgIpc) is 2.03. The molecule has 0 bridgehead atoms. The van der Waals surface area contributed by atoms with Gasteiger partial charge in [-0.25, -0.2) is 0 Å². The number of unbranched alkanes of at least 4 members (excludes halogenated alkanes) is 4. The van der Waals surface area contributed by atoms with Crippen LogP contribution in [0.25, 0.3) is 0 Å². The van der Waals surface area contributed by atoms with Gasteiger partial charge in [0.15, 0.2) is 0 Å². The van der Waals surface area contributed by atoms with Crippen molar-refractivity contribution in [2.45, 2.75) is 32.1 Å². The van der Waals surface area contributed by atoms with Crippen molar-refractivity contribution in [1.82, 2.24) is 0 Å². The fourth-order valence-electron chi connectivity index (χ4n) is 0.763. The summed E-state index contributed by atoms with van der Waals surface area (Å²) in [5.41, 5.74) is 0. The summed E-state index contributed by atoms with van der Waals surface area (Å²) in [5, 5.41) is 21.8.